The molecule has 0 spiro atoms. The summed E-state index contributed by atoms with van der Waals surface area (Å²) in [7, 11) is 0. The molecule has 1 aromatic carbocycles. The van der Waals surface area contributed by atoms with Gasteiger partial charge in [-0.1, -0.05) is 12.1 Å². The van der Waals surface area contributed by atoms with E-state index >= 15 is 0 Å². The van der Waals surface area contributed by atoms with Gasteiger partial charge >= 0.3 is 5.97 Å². The number of nitrogens with one attached hydrogen (secondary N) is 1. The number of hydrogen-bond donors (Lipinski definition) is 2. The topological polar surface area (TPSA) is 110 Å². The van der Waals surface area contributed by atoms with Gasteiger partial charge in [0.05, 0.1) is 5.75 Å². The molecule has 9 heteroatoms. The van der Waals surface area contributed by atoms with Crippen LogP contribution in [-0.4, -0.2) is 42.9 Å². The number of carboxylic acid groups (broad SMARTS) is 1. The van der Waals surface area contributed by atoms with Gasteiger partial charge in [-0.25, -0.2) is 4.68 Å². The van der Waals surface area contributed by atoms with Crippen molar-refractivity contribution in [3.05, 3.63) is 36.2 Å². The minimum atomic E-state index is -0.842. The molecule has 0 aliphatic rings. The van der Waals surface area contributed by atoms with E-state index in [1.54, 1.807) is 6.07 Å². The molecule has 0 aliphatic heterocycles. The van der Waals surface area contributed by atoms with E-state index in [1.165, 1.54) is 22.8 Å². The average molecular weight is 307 g/mol. The maximum atomic E-state index is 11.8. The number of thioether (sulfide) groups is 1. The fraction of sp³-hybridized carbons (Fsp3) is 0.250. The van der Waals surface area contributed by atoms with Crippen LogP contribution >= 0.6 is 11.8 Å². The molecule has 1 heterocycles. The largest absolute Gasteiger partial charge is 0.481 e. The molecular formula is C12H13N5O3S. The lowest BCUT2D eigenvalue weighted by atomic mass is 10.2. The van der Waals surface area contributed by atoms with Gasteiger partial charge in [0.2, 0.25) is 5.91 Å². The fourth-order valence-corrected chi connectivity index (χ4v) is 2.29. The number of carboxylic acids is 1. The highest BCUT2D eigenvalue weighted by Gasteiger charge is 2.05. The third kappa shape index (κ3) is 5.22. The first-order chi connectivity index (χ1) is 10.1. The van der Waals surface area contributed by atoms with Crippen LogP contribution in [0.1, 0.15) is 5.56 Å². The van der Waals surface area contributed by atoms with Crippen molar-refractivity contribution in [2.24, 2.45) is 0 Å². The Labute approximate surface area is 124 Å². The van der Waals surface area contributed by atoms with Crippen LogP contribution in [0.25, 0.3) is 0 Å². The van der Waals surface area contributed by atoms with E-state index in [4.69, 9.17) is 5.11 Å². The van der Waals surface area contributed by atoms with Crippen molar-refractivity contribution in [3.63, 3.8) is 0 Å². The maximum Gasteiger partial charge on any atom is 0.313 e. The third-order valence-corrected chi connectivity index (χ3v) is 3.39. The van der Waals surface area contributed by atoms with Crippen LogP contribution in [0.2, 0.25) is 0 Å². The van der Waals surface area contributed by atoms with Gasteiger partial charge in [-0.2, -0.15) is 0 Å². The Bertz CT molecular complexity index is 617. The van der Waals surface area contributed by atoms with Gasteiger partial charge in [-0.05, 0) is 28.1 Å². The summed E-state index contributed by atoms with van der Waals surface area (Å²) in [6, 6.07) is 7.27. The van der Waals surface area contributed by atoms with Crippen molar-refractivity contribution >= 4 is 29.3 Å². The number of tetrazole rings is 1. The molecule has 21 heavy (non-hydrogen) atoms. The lowest BCUT2D eigenvalue weighted by Gasteiger charge is -2.07. The first-order valence-corrected chi connectivity index (χ1v) is 7.18. The molecule has 0 saturated carbocycles. The Morgan fingerprint density at radius 3 is 2.95 bits per heavy atom. The van der Waals surface area contributed by atoms with Crippen molar-refractivity contribution < 1.29 is 14.7 Å². The number of aliphatic carboxylic acids is 1. The summed E-state index contributed by atoms with van der Waals surface area (Å²) in [4.78, 5) is 22.2. The molecule has 1 aromatic heterocycles. The molecule has 0 bridgehead atoms. The van der Waals surface area contributed by atoms with Gasteiger partial charge in [0.1, 0.15) is 12.9 Å². The predicted molar refractivity (Wildman–Crippen MR) is 76.7 cm³/mol. The summed E-state index contributed by atoms with van der Waals surface area (Å²) in [6.45, 7) is 0.0327. The van der Waals surface area contributed by atoms with Crippen LogP contribution in [0.5, 0.6) is 0 Å². The van der Waals surface area contributed by atoms with Gasteiger partial charge in [-0.3, -0.25) is 9.59 Å². The molecule has 0 unspecified atom stereocenters. The van der Waals surface area contributed by atoms with E-state index in [0.717, 1.165) is 5.56 Å². The van der Waals surface area contributed by atoms with E-state index in [-0.39, 0.29) is 18.2 Å². The Morgan fingerprint density at radius 2 is 2.24 bits per heavy atom. The highest BCUT2D eigenvalue weighted by Crippen LogP contribution is 2.16. The predicted octanol–water partition coefficient (Wildman–Crippen LogP) is 0.630. The number of carbonyl (C=O) groups excluding carboxylic acids is 1. The third-order valence-electron chi connectivity index (χ3n) is 2.40. The smallest absolute Gasteiger partial charge is 0.313 e. The van der Waals surface area contributed by atoms with Crippen LogP contribution in [0, 0.1) is 0 Å². The zero-order valence-corrected chi connectivity index (χ0v) is 11.8. The van der Waals surface area contributed by atoms with Crippen LogP contribution in [0.15, 0.2) is 30.6 Å². The Balaban J connectivity index is 1.88. The molecule has 2 aromatic rings. The number of carbonyl (C=O) groups is 2. The number of nitrogens with zero attached hydrogens (tertiary/aromatic N) is 4. The van der Waals surface area contributed by atoms with Gasteiger partial charge < -0.3 is 10.4 Å². The number of aromatic nitrogens is 4. The fourth-order valence-electron chi connectivity index (χ4n) is 1.60. The SMILES string of the molecule is O=C(O)CSCc1cccc(NC(=O)Cn2cnnn2)c1. The highest BCUT2D eigenvalue weighted by atomic mass is 32.2. The average Bonchev–Trinajstić information content (AvgIpc) is 2.91. The van der Waals surface area contributed by atoms with Crippen molar-refractivity contribution in [1.82, 2.24) is 20.2 Å². The highest BCUT2D eigenvalue weighted by molar-refractivity contribution is 7.99. The van der Waals surface area contributed by atoms with Crippen molar-refractivity contribution in [1.29, 1.82) is 0 Å². The molecular weight excluding hydrogens is 294 g/mol. The standard InChI is InChI=1S/C12H13N5O3S/c18-11(5-17-8-13-15-16-17)14-10-3-1-2-9(4-10)6-21-7-12(19)20/h1-4,8H,5-7H2,(H,14,18)(H,19,20). The quantitative estimate of drug-likeness (QED) is 0.772. The molecule has 0 saturated heterocycles. The molecule has 2 rings (SSSR count). The molecule has 0 atom stereocenters. The van der Waals surface area contributed by atoms with Crippen molar-refractivity contribution in [3.8, 4) is 0 Å². The van der Waals surface area contributed by atoms with Gasteiger partial charge in [0.25, 0.3) is 0 Å². The van der Waals surface area contributed by atoms with Crippen LogP contribution < -0.4 is 5.32 Å². The number of amides is 1. The minimum absolute atomic E-state index is 0.0327. The first kappa shape index (κ1) is 15.0. The normalized spacial score (nSPS) is 10.3. The zero-order chi connectivity index (χ0) is 15.1. The van der Waals surface area contributed by atoms with E-state index in [1.807, 2.05) is 18.2 Å². The first-order valence-electron chi connectivity index (χ1n) is 6.02. The van der Waals surface area contributed by atoms with E-state index < -0.39 is 5.97 Å². The van der Waals surface area contributed by atoms with Crippen LogP contribution in [-0.2, 0) is 21.9 Å². The molecule has 110 valence electrons. The Morgan fingerprint density at radius 1 is 1.38 bits per heavy atom. The second-order valence-corrected chi connectivity index (χ2v) is 5.13. The number of anilines is 1. The monoisotopic (exact) mass is 307 g/mol. The second-order valence-electron chi connectivity index (χ2n) is 4.14. The van der Waals surface area contributed by atoms with Gasteiger partial charge in [0.15, 0.2) is 0 Å². The van der Waals surface area contributed by atoms with E-state index in [9.17, 15) is 9.59 Å². The number of hydrogen-bond acceptors (Lipinski definition) is 6. The minimum Gasteiger partial charge on any atom is -0.481 e. The number of rotatable bonds is 7. The Kier molecular flexibility index (Phi) is 5.27. The van der Waals surface area contributed by atoms with Gasteiger partial charge in [0, 0.05) is 11.4 Å². The summed E-state index contributed by atoms with van der Waals surface area (Å²) in [5.41, 5.74) is 1.60. The summed E-state index contributed by atoms with van der Waals surface area (Å²) in [5.74, 6) is -0.456. The maximum absolute atomic E-state index is 11.8. The van der Waals surface area contributed by atoms with E-state index in [2.05, 4.69) is 20.8 Å². The molecule has 0 radical (unpaired) electrons. The Hall–Kier alpha value is -2.42. The summed E-state index contributed by atoms with van der Waals surface area (Å²) in [5, 5.41) is 21.8. The number of benzene rings is 1. The van der Waals surface area contributed by atoms with Crippen LogP contribution in [0.3, 0.4) is 0 Å². The molecule has 2 N–H and O–H groups in total. The summed E-state index contributed by atoms with van der Waals surface area (Å²) < 4.78 is 1.32. The molecule has 8 nitrogen and oxygen atoms in total. The second kappa shape index (κ2) is 7.39. The van der Waals surface area contributed by atoms with Crippen molar-refractivity contribution in [2.75, 3.05) is 11.1 Å². The lowest BCUT2D eigenvalue weighted by molar-refractivity contribution is -0.133. The van der Waals surface area contributed by atoms with Gasteiger partial charge in [-0.15, -0.1) is 16.9 Å². The zero-order valence-electron chi connectivity index (χ0n) is 11.0. The molecule has 0 aliphatic carbocycles. The summed E-state index contributed by atoms with van der Waals surface area (Å²) >= 11 is 1.30. The lowest BCUT2D eigenvalue weighted by Crippen LogP contribution is -2.19. The van der Waals surface area contributed by atoms with Crippen molar-refractivity contribution in [2.45, 2.75) is 12.3 Å². The summed E-state index contributed by atoms with van der Waals surface area (Å²) in [6.07, 6.45) is 1.36. The van der Waals surface area contributed by atoms with Crippen LogP contribution in [0.4, 0.5) is 5.69 Å². The molecule has 1 amide bonds. The van der Waals surface area contributed by atoms with E-state index in [0.29, 0.717) is 11.4 Å². The molecule has 0 fully saturated rings.